The number of imidazole rings is 1. The molecule has 1 aliphatic heterocycles. The topological polar surface area (TPSA) is 66.7 Å². The predicted octanol–water partition coefficient (Wildman–Crippen LogP) is 1.27. The highest BCUT2D eigenvalue weighted by Gasteiger charge is 2.37. The van der Waals surface area contributed by atoms with Gasteiger partial charge in [-0.25, -0.2) is 4.98 Å². The summed E-state index contributed by atoms with van der Waals surface area (Å²) in [6.07, 6.45) is 4.70. The van der Waals surface area contributed by atoms with Crippen molar-refractivity contribution < 1.29 is 9.59 Å². The molecule has 6 nitrogen and oxygen atoms in total. The third-order valence-electron chi connectivity index (χ3n) is 4.00. The van der Waals surface area contributed by atoms with E-state index in [-0.39, 0.29) is 24.3 Å². The fourth-order valence-corrected chi connectivity index (χ4v) is 3.39. The molecule has 2 atom stereocenters. The first kappa shape index (κ1) is 14.1. The Kier molecular flexibility index (Phi) is 3.67. The quantitative estimate of drug-likeness (QED) is 0.925. The van der Waals surface area contributed by atoms with Gasteiger partial charge in [-0.05, 0) is 5.92 Å². The predicted molar refractivity (Wildman–Crippen MR) is 79.9 cm³/mol. The van der Waals surface area contributed by atoms with Gasteiger partial charge in [0, 0.05) is 17.8 Å². The van der Waals surface area contributed by atoms with Crippen LogP contribution in [-0.2, 0) is 16.1 Å². The molecule has 0 bridgehead atoms. The standard InChI is InChI=1S/C14H18N4O2S/c1-3-9(2)12-13(20)15-6-11(19)18(12)8-10-7-17-4-5-21-14(17)16-10/h4-5,7,9,12H,3,6,8H2,1-2H3,(H,15,20). The van der Waals surface area contributed by atoms with Crippen molar-refractivity contribution in [3.8, 4) is 0 Å². The lowest BCUT2D eigenvalue weighted by molar-refractivity contribution is -0.148. The van der Waals surface area contributed by atoms with Crippen LogP contribution in [0.4, 0.5) is 0 Å². The SMILES string of the molecule is CCC(C)C1C(=O)NCC(=O)N1Cc1cn2ccsc2n1. The Hall–Kier alpha value is -1.89. The van der Waals surface area contributed by atoms with Gasteiger partial charge in [0.25, 0.3) is 0 Å². The number of nitrogens with one attached hydrogen (secondary N) is 1. The maximum absolute atomic E-state index is 12.2. The lowest BCUT2D eigenvalue weighted by atomic mass is 9.95. The molecule has 7 heteroatoms. The monoisotopic (exact) mass is 306 g/mol. The maximum atomic E-state index is 12.2. The van der Waals surface area contributed by atoms with Gasteiger partial charge in [0.15, 0.2) is 4.96 Å². The summed E-state index contributed by atoms with van der Waals surface area (Å²) in [5, 5.41) is 4.65. The molecule has 0 aliphatic carbocycles. The minimum absolute atomic E-state index is 0.0451. The van der Waals surface area contributed by atoms with Crippen LogP contribution in [0.25, 0.3) is 4.96 Å². The van der Waals surface area contributed by atoms with Gasteiger partial charge in [-0.15, -0.1) is 11.3 Å². The van der Waals surface area contributed by atoms with E-state index in [1.807, 2.05) is 36.0 Å². The molecule has 1 saturated heterocycles. The number of hydrogen-bond acceptors (Lipinski definition) is 4. The van der Waals surface area contributed by atoms with Crippen LogP contribution < -0.4 is 5.32 Å². The van der Waals surface area contributed by atoms with E-state index in [4.69, 9.17) is 0 Å². The van der Waals surface area contributed by atoms with Crippen LogP contribution in [0.5, 0.6) is 0 Å². The van der Waals surface area contributed by atoms with Crippen LogP contribution in [0.1, 0.15) is 26.0 Å². The van der Waals surface area contributed by atoms with Gasteiger partial charge in [0.05, 0.1) is 18.8 Å². The molecule has 1 N–H and O–H groups in total. The van der Waals surface area contributed by atoms with E-state index in [1.54, 1.807) is 16.2 Å². The number of fused-ring (bicyclic) bond motifs is 1. The molecule has 112 valence electrons. The van der Waals surface area contributed by atoms with Gasteiger partial charge in [0.1, 0.15) is 6.04 Å². The Morgan fingerprint density at radius 2 is 2.33 bits per heavy atom. The number of carbonyl (C=O) groups is 2. The smallest absolute Gasteiger partial charge is 0.243 e. The second-order valence-corrected chi connectivity index (χ2v) is 6.27. The van der Waals surface area contributed by atoms with Crippen molar-refractivity contribution in [1.29, 1.82) is 0 Å². The van der Waals surface area contributed by atoms with Gasteiger partial charge < -0.3 is 10.2 Å². The summed E-state index contributed by atoms with van der Waals surface area (Å²) < 4.78 is 1.94. The van der Waals surface area contributed by atoms with Crippen molar-refractivity contribution in [2.24, 2.45) is 5.92 Å². The second kappa shape index (κ2) is 5.48. The zero-order chi connectivity index (χ0) is 15.0. The normalized spacial score (nSPS) is 20.9. The third-order valence-corrected chi connectivity index (χ3v) is 4.77. The highest BCUT2D eigenvalue weighted by molar-refractivity contribution is 7.15. The van der Waals surface area contributed by atoms with Crippen LogP contribution in [0.15, 0.2) is 17.8 Å². The zero-order valence-corrected chi connectivity index (χ0v) is 12.9. The fourth-order valence-electron chi connectivity index (χ4n) is 2.67. The van der Waals surface area contributed by atoms with Crippen LogP contribution in [-0.4, -0.2) is 38.7 Å². The van der Waals surface area contributed by atoms with Crippen molar-refractivity contribution in [1.82, 2.24) is 19.6 Å². The van der Waals surface area contributed by atoms with Crippen molar-refractivity contribution in [2.45, 2.75) is 32.9 Å². The Morgan fingerprint density at radius 3 is 3.05 bits per heavy atom. The molecule has 0 spiro atoms. The van der Waals surface area contributed by atoms with E-state index in [9.17, 15) is 9.59 Å². The molecule has 3 rings (SSSR count). The number of piperazine rings is 1. The Bertz CT molecular complexity index is 649. The van der Waals surface area contributed by atoms with E-state index < -0.39 is 6.04 Å². The average Bonchev–Trinajstić information content (AvgIpc) is 3.03. The molecule has 21 heavy (non-hydrogen) atoms. The number of thiazole rings is 1. The molecule has 2 unspecified atom stereocenters. The number of rotatable bonds is 4. The van der Waals surface area contributed by atoms with E-state index >= 15 is 0 Å². The molecule has 2 amide bonds. The van der Waals surface area contributed by atoms with E-state index in [1.165, 1.54) is 0 Å². The summed E-state index contributed by atoms with van der Waals surface area (Å²) in [6.45, 7) is 4.49. The van der Waals surface area contributed by atoms with Crippen molar-refractivity contribution in [2.75, 3.05) is 6.54 Å². The first-order chi connectivity index (χ1) is 10.1. The lowest BCUT2D eigenvalue weighted by Gasteiger charge is -2.37. The molecule has 0 aromatic carbocycles. The van der Waals surface area contributed by atoms with Crippen molar-refractivity contribution in [3.05, 3.63) is 23.5 Å². The summed E-state index contributed by atoms with van der Waals surface area (Å²) in [5.74, 6) is 0.0132. The lowest BCUT2D eigenvalue weighted by Crippen LogP contribution is -2.60. The molecule has 0 radical (unpaired) electrons. The Balaban J connectivity index is 1.87. The molecule has 2 aromatic rings. The van der Waals surface area contributed by atoms with Crippen LogP contribution in [0.2, 0.25) is 0 Å². The minimum Gasteiger partial charge on any atom is -0.345 e. The molecular formula is C14H18N4O2S. The molecule has 1 fully saturated rings. The highest BCUT2D eigenvalue weighted by atomic mass is 32.1. The Labute approximate surface area is 126 Å². The number of hydrogen-bond donors (Lipinski definition) is 1. The van der Waals surface area contributed by atoms with Gasteiger partial charge in [-0.1, -0.05) is 20.3 Å². The van der Waals surface area contributed by atoms with Gasteiger partial charge in [0.2, 0.25) is 11.8 Å². The maximum Gasteiger partial charge on any atom is 0.243 e. The van der Waals surface area contributed by atoms with Crippen LogP contribution in [0.3, 0.4) is 0 Å². The van der Waals surface area contributed by atoms with Gasteiger partial charge >= 0.3 is 0 Å². The second-order valence-electron chi connectivity index (χ2n) is 5.39. The van der Waals surface area contributed by atoms with E-state index in [0.29, 0.717) is 6.54 Å². The van der Waals surface area contributed by atoms with Gasteiger partial charge in [-0.3, -0.25) is 14.0 Å². The largest absolute Gasteiger partial charge is 0.345 e. The highest BCUT2D eigenvalue weighted by Crippen LogP contribution is 2.21. The average molecular weight is 306 g/mol. The molecule has 1 aliphatic rings. The first-order valence-corrected chi connectivity index (χ1v) is 7.96. The summed E-state index contributed by atoms with van der Waals surface area (Å²) in [6, 6.07) is -0.406. The third kappa shape index (κ3) is 2.53. The number of amides is 2. The van der Waals surface area contributed by atoms with Crippen molar-refractivity contribution in [3.63, 3.8) is 0 Å². The summed E-state index contributed by atoms with van der Waals surface area (Å²) >= 11 is 1.55. The summed E-state index contributed by atoms with van der Waals surface area (Å²) in [5.41, 5.74) is 0.818. The molecule has 3 heterocycles. The van der Waals surface area contributed by atoms with E-state index in [2.05, 4.69) is 10.3 Å². The Morgan fingerprint density at radius 1 is 1.52 bits per heavy atom. The number of carbonyl (C=O) groups excluding carboxylic acids is 2. The summed E-state index contributed by atoms with van der Waals surface area (Å²) in [4.78, 5) is 31.4. The number of nitrogens with zero attached hydrogens (tertiary/aromatic N) is 3. The zero-order valence-electron chi connectivity index (χ0n) is 12.1. The minimum atomic E-state index is -0.406. The molecular weight excluding hydrogens is 288 g/mol. The molecule has 2 aromatic heterocycles. The van der Waals surface area contributed by atoms with Gasteiger partial charge in [-0.2, -0.15) is 0 Å². The van der Waals surface area contributed by atoms with E-state index in [0.717, 1.165) is 17.1 Å². The van der Waals surface area contributed by atoms with Crippen LogP contribution >= 0.6 is 11.3 Å². The van der Waals surface area contributed by atoms with Crippen LogP contribution in [0, 0.1) is 5.92 Å². The molecule has 0 saturated carbocycles. The summed E-state index contributed by atoms with van der Waals surface area (Å²) in [7, 11) is 0. The first-order valence-electron chi connectivity index (χ1n) is 7.08. The number of aromatic nitrogens is 2. The fraction of sp³-hybridized carbons (Fsp3) is 0.500. The van der Waals surface area contributed by atoms with Crippen molar-refractivity contribution >= 4 is 28.1 Å².